The number of carbonyl (C=O) groups excluding carboxylic acids is 3. The maximum Gasteiger partial charge on any atom is 0.332 e. The molecule has 0 bridgehead atoms. The van der Waals surface area contributed by atoms with E-state index < -0.39 is 24.5 Å². The van der Waals surface area contributed by atoms with Gasteiger partial charge in [0.25, 0.3) is 11.8 Å². The summed E-state index contributed by atoms with van der Waals surface area (Å²) in [5.41, 5.74) is 3.96. The number of benzene rings is 2. The number of hydrogen-bond donors (Lipinski definition) is 0. The molecule has 8 heteroatoms. The maximum absolute atomic E-state index is 12.3. The summed E-state index contributed by atoms with van der Waals surface area (Å²) in [6.07, 6.45) is 2.88. The van der Waals surface area contributed by atoms with Gasteiger partial charge in [-0.3, -0.25) is 14.3 Å². The van der Waals surface area contributed by atoms with Gasteiger partial charge in [0.05, 0.1) is 23.4 Å². The Balaban J connectivity index is 1.41. The standard InChI is InChI=1S/C24H20ClN3O4/c1-15-18(16(2)28(26-15)13-17-7-3-6-10-21(17)25)11-12-22(29)32-14-27-23(30)19-8-4-5-9-20(19)24(27)31/h3-12H,13-14H2,1-2H3. The molecule has 0 unspecified atom stereocenters. The topological polar surface area (TPSA) is 81.5 Å². The van der Waals surface area contributed by atoms with Gasteiger partial charge in [0.2, 0.25) is 0 Å². The predicted octanol–water partition coefficient (Wildman–Crippen LogP) is 4.01. The molecule has 32 heavy (non-hydrogen) atoms. The molecule has 1 aliphatic rings. The van der Waals surface area contributed by atoms with Gasteiger partial charge >= 0.3 is 5.97 Å². The molecule has 0 saturated heterocycles. The van der Waals surface area contributed by atoms with Crippen molar-refractivity contribution in [3.63, 3.8) is 0 Å². The van der Waals surface area contributed by atoms with Crippen LogP contribution < -0.4 is 0 Å². The molecule has 0 atom stereocenters. The molecule has 2 amide bonds. The highest BCUT2D eigenvalue weighted by atomic mass is 35.5. The number of esters is 1. The SMILES string of the molecule is Cc1nn(Cc2ccccc2Cl)c(C)c1C=CC(=O)OCN1C(=O)c2ccccc2C1=O. The number of rotatable bonds is 6. The largest absolute Gasteiger partial charge is 0.441 e. The third-order valence-electron chi connectivity index (χ3n) is 5.32. The van der Waals surface area contributed by atoms with Gasteiger partial charge in [-0.05, 0) is 43.7 Å². The van der Waals surface area contributed by atoms with Crippen LogP contribution in [0.1, 0.15) is 43.2 Å². The van der Waals surface area contributed by atoms with E-state index in [-0.39, 0.29) is 0 Å². The minimum atomic E-state index is -0.667. The molecule has 4 rings (SSSR count). The Bertz CT molecular complexity index is 1230. The molecule has 2 heterocycles. The Kier molecular flexibility index (Phi) is 5.92. The van der Waals surface area contributed by atoms with Crippen LogP contribution in [0.3, 0.4) is 0 Å². The second-order valence-corrected chi connectivity index (χ2v) is 7.75. The molecule has 0 radical (unpaired) electrons. The summed E-state index contributed by atoms with van der Waals surface area (Å²) in [4.78, 5) is 37.8. The van der Waals surface area contributed by atoms with Crippen LogP contribution in [-0.4, -0.2) is 39.2 Å². The van der Waals surface area contributed by atoms with Crippen molar-refractivity contribution in [3.05, 3.63) is 93.3 Å². The van der Waals surface area contributed by atoms with Crippen LogP contribution in [-0.2, 0) is 16.1 Å². The fraction of sp³-hybridized carbons (Fsp3) is 0.167. The minimum Gasteiger partial charge on any atom is -0.441 e. The number of imide groups is 1. The Morgan fingerprint density at radius 3 is 2.31 bits per heavy atom. The van der Waals surface area contributed by atoms with Crippen molar-refractivity contribution in [1.29, 1.82) is 0 Å². The van der Waals surface area contributed by atoms with Crippen molar-refractivity contribution in [2.75, 3.05) is 6.73 Å². The van der Waals surface area contributed by atoms with Gasteiger partial charge in [-0.15, -0.1) is 0 Å². The smallest absolute Gasteiger partial charge is 0.332 e. The molecule has 3 aromatic rings. The second-order valence-electron chi connectivity index (χ2n) is 7.34. The van der Waals surface area contributed by atoms with Crippen molar-refractivity contribution in [2.45, 2.75) is 20.4 Å². The summed E-state index contributed by atoms with van der Waals surface area (Å²) < 4.78 is 6.95. The van der Waals surface area contributed by atoms with Gasteiger partial charge in [0, 0.05) is 22.4 Å². The number of nitrogens with zero attached hydrogens (tertiary/aromatic N) is 3. The van der Waals surface area contributed by atoms with Crippen molar-refractivity contribution in [2.24, 2.45) is 0 Å². The number of carbonyl (C=O) groups is 3. The average molecular weight is 450 g/mol. The predicted molar refractivity (Wildman–Crippen MR) is 119 cm³/mol. The van der Waals surface area contributed by atoms with Crippen LogP contribution in [0, 0.1) is 13.8 Å². The monoisotopic (exact) mass is 449 g/mol. The van der Waals surface area contributed by atoms with E-state index in [9.17, 15) is 14.4 Å². The number of aromatic nitrogens is 2. The zero-order valence-corrected chi connectivity index (χ0v) is 18.3. The van der Waals surface area contributed by atoms with Crippen LogP contribution in [0.2, 0.25) is 5.02 Å². The van der Waals surface area contributed by atoms with Crippen LogP contribution in [0.5, 0.6) is 0 Å². The van der Waals surface area contributed by atoms with E-state index in [2.05, 4.69) is 5.10 Å². The highest BCUT2D eigenvalue weighted by molar-refractivity contribution is 6.31. The van der Waals surface area contributed by atoms with Crippen LogP contribution in [0.25, 0.3) is 6.08 Å². The number of hydrogen-bond acceptors (Lipinski definition) is 5. The van der Waals surface area contributed by atoms with Crippen molar-refractivity contribution in [3.8, 4) is 0 Å². The number of fused-ring (bicyclic) bond motifs is 1. The van der Waals surface area contributed by atoms with E-state index in [1.165, 1.54) is 6.08 Å². The van der Waals surface area contributed by atoms with Crippen molar-refractivity contribution >= 4 is 35.5 Å². The summed E-state index contributed by atoms with van der Waals surface area (Å²) in [6.45, 7) is 3.81. The van der Waals surface area contributed by atoms with Crippen molar-refractivity contribution < 1.29 is 19.1 Å². The first-order valence-electron chi connectivity index (χ1n) is 9.94. The number of halogens is 1. The van der Waals surface area contributed by atoms with E-state index in [0.29, 0.717) is 22.7 Å². The first kappa shape index (κ1) is 21.5. The molecule has 1 aliphatic heterocycles. The summed E-state index contributed by atoms with van der Waals surface area (Å²) in [5.74, 6) is -1.62. The quantitative estimate of drug-likeness (QED) is 0.322. The van der Waals surface area contributed by atoms with Gasteiger partial charge in [0.1, 0.15) is 0 Å². The molecular formula is C24H20ClN3O4. The maximum atomic E-state index is 12.3. The highest BCUT2D eigenvalue weighted by Crippen LogP contribution is 2.23. The van der Waals surface area contributed by atoms with E-state index in [1.54, 1.807) is 30.3 Å². The summed E-state index contributed by atoms with van der Waals surface area (Å²) in [5, 5.41) is 5.19. The first-order valence-corrected chi connectivity index (χ1v) is 10.3. The van der Waals surface area contributed by atoms with E-state index in [0.717, 1.165) is 27.4 Å². The number of aryl methyl sites for hydroxylation is 1. The molecule has 0 fully saturated rings. The Hall–Kier alpha value is -3.71. The lowest BCUT2D eigenvalue weighted by atomic mass is 10.1. The number of ether oxygens (including phenoxy) is 1. The molecule has 7 nitrogen and oxygen atoms in total. The molecule has 2 aromatic carbocycles. The Morgan fingerprint density at radius 2 is 1.66 bits per heavy atom. The third kappa shape index (κ3) is 4.07. The van der Waals surface area contributed by atoms with Gasteiger partial charge < -0.3 is 4.74 Å². The summed E-state index contributed by atoms with van der Waals surface area (Å²) in [6, 6.07) is 14.1. The minimum absolute atomic E-state index is 0.307. The average Bonchev–Trinajstić information content (AvgIpc) is 3.19. The molecule has 1 aromatic heterocycles. The fourth-order valence-electron chi connectivity index (χ4n) is 3.58. The molecule has 0 aliphatic carbocycles. The van der Waals surface area contributed by atoms with Gasteiger partial charge in [-0.2, -0.15) is 5.10 Å². The molecule has 0 spiro atoms. The van der Waals surface area contributed by atoms with Crippen LogP contribution in [0.4, 0.5) is 0 Å². The van der Waals surface area contributed by atoms with E-state index in [4.69, 9.17) is 16.3 Å². The van der Waals surface area contributed by atoms with Gasteiger partial charge in [0.15, 0.2) is 6.73 Å². The Labute approximate surface area is 189 Å². The van der Waals surface area contributed by atoms with Crippen LogP contribution >= 0.6 is 11.6 Å². The van der Waals surface area contributed by atoms with Gasteiger partial charge in [-0.25, -0.2) is 9.69 Å². The second kappa shape index (κ2) is 8.80. The van der Waals surface area contributed by atoms with Crippen molar-refractivity contribution in [1.82, 2.24) is 14.7 Å². The normalized spacial score (nSPS) is 13.2. The molecule has 0 N–H and O–H groups in total. The number of amides is 2. The lowest BCUT2D eigenvalue weighted by molar-refractivity contribution is -0.140. The highest BCUT2D eigenvalue weighted by Gasteiger charge is 2.35. The molecule has 0 saturated carbocycles. The lowest BCUT2D eigenvalue weighted by Gasteiger charge is -2.12. The zero-order valence-electron chi connectivity index (χ0n) is 17.5. The van der Waals surface area contributed by atoms with Gasteiger partial charge in [-0.1, -0.05) is 41.9 Å². The summed E-state index contributed by atoms with van der Waals surface area (Å²) in [7, 11) is 0. The van der Waals surface area contributed by atoms with E-state index >= 15 is 0 Å². The lowest BCUT2D eigenvalue weighted by Crippen LogP contribution is -2.32. The summed E-state index contributed by atoms with van der Waals surface area (Å²) >= 11 is 6.25. The Morgan fingerprint density at radius 1 is 1.03 bits per heavy atom. The fourth-order valence-corrected chi connectivity index (χ4v) is 3.77. The zero-order chi connectivity index (χ0) is 22.8. The molecular weight excluding hydrogens is 430 g/mol. The molecule has 162 valence electrons. The van der Waals surface area contributed by atoms with E-state index in [1.807, 2.05) is 42.8 Å². The van der Waals surface area contributed by atoms with Crippen LogP contribution in [0.15, 0.2) is 54.6 Å². The first-order chi connectivity index (χ1) is 15.4. The third-order valence-corrected chi connectivity index (χ3v) is 5.68.